The maximum atomic E-state index is 13.7. The predicted molar refractivity (Wildman–Crippen MR) is 73.9 cm³/mol. The van der Waals surface area contributed by atoms with E-state index in [9.17, 15) is 13.6 Å². The highest BCUT2D eigenvalue weighted by atomic mass is 35.5. The average molecular weight is 312 g/mol. The first-order valence-electron chi connectivity index (χ1n) is 6.10. The fraction of sp³-hybridized carbons (Fsp3) is 0.214. The molecule has 1 aromatic carbocycles. The second-order valence-electron chi connectivity index (χ2n) is 4.48. The lowest BCUT2D eigenvalue weighted by Gasteiger charge is -2.25. The number of rotatable bonds is 3. The van der Waals surface area contributed by atoms with Crippen LogP contribution in [0.2, 0.25) is 5.15 Å². The van der Waals surface area contributed by atoms with Gasteiger partial charge in [0, 0.05) is 12.6 Å². The molecule has 1 amide bonds. The van der Waals surface area contributed by atoms with Crippen molar-refractivity contribution in [1.29, 1.82) is 0 Å². The molecule has 0 aliphatic rings. The van der Waals surface area contributed by atoms with Gasteiger partial charge >= 0.3 is 0 Å². The molecule has 0 aliphatic heterocycles. The zero-order valence-corrected chi connectivity index (χ0v) is 12.1. The van der Waals surface area contributed by atoms with Crippen LogP contribution in [-0.4, -0.2) is 27.8 Å². The molecule has 0 radical (unpaired) electrons. The minimum Gasteiger partial charge on any atom is -0.333 e. The van der Waals surface area contributed by atoms with E-state index in [1.165, 1.54) is 24.3 Å². The van der Waals surface area contributed by atoms with E-state index in [1.54, 1.807) is 6.92 Å². The summed E-state index contributed by atoms with van der Waals surface area (Å²) >= 11 is 5.60. The van der Waals surface area contributed by atoms with E-state index < -0.39 is 23.6 Å². The summed E-state index contributed by atoms with van der Waals surface area (Å²) in [4.78, 5) is 21.1. The fourth-order valence-electron chi connectivity index (χ4n) is 1.82. The van der Waals surface area contributed by atoms with E-state index in [0.29, 0.717) is 0 Å². The normalized spacial score (nSPS) is 12.0. The summed E-state index contributed by atoms with van der Waals surface area (Å²) in [5, 5.41) is 0.165. The van der Waals surface area contributed by atoms with E-state index in [1.807, 2.05) is 0 Å². The van der Waals surface area contributed by atoms with Crippen LogP contribution >= 0.6 is 11.6 Å². The first-order chi connectivity index (χ1) is 9.90. The highest BCUT2D eigenvalue weighted by molar-refractivity contribution is 6.29. The lowest BCUT2D eigenvalue weighted by Crippen LogP contribution is -2.31. The van der Waals surface area contributed by atoms with Crippen LogP contribution in [0.1, 0.15) is 29.0 Å². The number of aromatic nitrogens is 2. The van der Waals surface area contributed by atoms with Gasteiger partial charge in [-0.05, 0) is 25.1 Å². The summed E-state index contributed by atoms with van der Waals surface area (Å²) in [6.07, 6.45) is 2.48. The zero-order chi connectivity index (χ0) is 15.6. The minimum absolute atomic E-state index is 0.0746. The summed E-state index contributed by atoms with van der Waals surface area (Å²) in [5.74, 6) is -1.61. The molecule has 1 heterocycles. The Morgan fingerprint density at radius 3 is 2.62 bits per heavy atom. The number of hydrogen-bond acceptors (Lipinski definition) is 3. The van der Waals surface area contributed by atoms with Crippen LogP contribution in [-0.2, 0) is 0 Å². The maximum absolute atomic E-state index is 13.7. The van der Waals surface area contributed by atoms with Gasteiger partial charge in [-0.3, -0.25) is 4.79 Å². The molecular formula is C14H12ClF2N3O. The molecule has 2 aromatic rings. The standard InChI is InChI=1S/C14H12ClF2N3O/c1-8(10-5-9(16)3-4-11(10)17)20(2)14(21)12-6-19-13(15)7-18-12/h3-8H,1-2H3. The number of carbonyl (C=O) groups excluding carboxylic acids is 1. The van der Waals surface area contributed by atoms with Crippen molar-refractivity contribution >= 4 is 17.5 Å². The molecule has 0 aliphatic carbocycles. The number of carbonyl (C=O) groups is 1. The molecule has 4 nitrogen and oxygen atoms in total. The summed E-state index contributed by atoms with van der Waals surface area (Å²) in [6, 6.07) is 2.46. The van der Waals surface area contributed by atoms with Gasteiger partial charge in [0.25, 0.3) is 5.91 Å². The van der Waals surface area contributed by atoms with E-state index in [0.717, 1.165) is 18.2 Å². The molecule has 0 saturated heterocycles. The molecule has 0 N–H and O–H groups in total. The van der Waals surface area contributed by atoms with Crippen LogP contribution in [0.25, 0.3) is 0 Å². The Kier molecular flexibility index (Phi) is 4.47. The Hall–Kier alpha value is -2.08. The highest BCUT2D eigenvalue weighted by Crippen LogP contribution is 2.23. The van der Waals surface area contributed by atoms with Crippen molar-refractivity contribution in [2.24, 2.45) is 0 Å². The predicted octanol–water partition coefficient (Wildman–Crippen LogP) is 3.24. The smallest absolute Gasteiger partial charge is 0.274 e. The van der Waals surface area contributed by atoms with E-state index in [4.69, 9.17) is 11.6 Å². The van der Waals surface area contributed by atoms with Gasteiger partial charge < -0.3 is 4.90 Å². The Balaban J connectivity index is 2.26. The lowest BCUT2D eigenvalue weighted by atomic mass is 10.1. The third kappa shape index (κ3) is 3.33. The summed E-state index contributed by atoms with van der Waals surface area (Å²) in [5.41, 5.74) is 0.165. The Morgan fingerprint density at radius 1 is 1.29 bits per heavy atom. The van der Waals surface area contributed by atoms with Crippen LogP contribution in [0.4, 0.5) is 8.78 Å². The first-order valence-corrected chi connectivity index (χ1v) is 6.47. The number of benzene rings is 1. The molecular weight excluding hydrogens is 300 g/mol. The van der Waals surface area contributed by atoms with Crippen molar-refractivity contribution in [3.8, 4) is 0 Å². The van der Waals surface area contributed by atoms with E-state index >= 15 is 0 Å². The molecule has 110 valence electrons. The topological polar surface area (TPSA) is 46.1 Å². The van der Waals surface area contributed by atoms with E-state index in [2.05, 4.69) is 9.97 Å². The van der Waals surface area contributed by atoms with Crippen molar-refractivity contribution in [3.05, 3.63) is 58.6 Å². The van der Waals surface area contributed by atoms with Gasteiger partial charge in [-0.2, -0.15) is 0 Å². The first kappa shape index (κ1) is 15.3. The number of nitrogens with zero attached hydrogens (tertiary/aromatic N) is 3. The van der Waals surface area contributed by atoms with Gasteiger partial charge in [-0.1, -0.05) is 11.6 Å². The van der Waals surface area contributed by atoms with Crippen molar-refractivity contribution in [1.82, 2.24) is 14.9 Å². The molecule has 1 atom stereocenters. The Labute approximate surface area is 125 Å². The number of halogens is 3. The van der Waals surface area contributed by atoms with Crippen molar-refractivity contribution in [2.75, 3.05) is 7.05 Å². The SMILES string of the molecule is CC(c1cc(F)ccc1F)N(C)C(=O)c1cnc(Cl)cn1. The van der Waals surface area contributed by atoms with Gasteiger partial charge in [0.2, 0.25) is 0 Å². The molecule has 7 heteroatoms. The molecule has 0 fully saturated rings. The van der Waals surface area contributed by atoms with Crippen LogP contribution < -0.4 is 0 Å². The molecule has 2 rings (SSSR count). The monoisotopic (exact) mass is 311 g/mol. The van der Waals surface area contributed by atoms with Crippen molar-refractivity contribution in [3.63, 3.8) is 0 Å². The van der Waals surface area contributed by atoms with E-state index in [-0.39, 0.29) is 16.4 Å². The van der Waals surface area contributed by atoms with Gasteiger partial charge in [0.15, 0.2) is 0 Å². The molecule has 1 aromatic heterocycles. The minimum atomic E-state index is -0.661. The second-order valence-corrected chi connectivity index (χ2v) is 4.87. The van der Waals surface area contributed by atoms with Gasteiger partial charge in [-0.25, -0.2) is 18.7 Å². The number of amides is 1. The van der Waals surface area contributed by atoms with Crippen LogP contribution in [0.15, 0.2) is 30.6 Å². The van der Waals surface area contributed by atoms with Gasteiger partial charge in [0.1, 0.15) is 22.5 Å². The molecule has 21 heavy (non-hydrogen) atoms. The Morgan fingerprint density at radius 2 is 2.00 bits per heavy atom. The average Bonchev–Trinajstić information content (AvgIpc) is 2.48. The summed E-state index contributed by atoms with van der Waals surface area (Å²) < 4.78 is 27.0. The number of hydrogen-bond donors (Lipinski definition) is 0. The third-order valence-corrected chi connectivity index (χ3v) is 3.34. The molecule has 1 unspecified atom stereocenters. The van der Waals surface area contributed by atoms with Crippen LogP contribution in [0, 0.1) is 11.6 Å². The second kappa shape index (κ2) is 6.13. The fourth-order valence-corrected chi connectivity index (χ4v) is 1.92. The highest BCUT2D eigenvalue weighted by Gasteiger charge is 2.22. The largest absolute Gasteiger partial charge is 0.333 e. The van der Waals surface area contributed by atoms with Crippen LogP contribution in [0.5, 0.6) is 0 Å². The van der Waals surface area contributed by atoms with Crippen molar-refractivity contribution in [2.45, 2.75) is 13.0 Å². The molecule has 0 bridgehead atoms. The molecule has 0 spiro atoms. The van der Waals surface area contributed by atoms with Gasteiger partial charge in [0.05, 0.1) is 18.4 Å². The van der Waals surface area contributed by atoms with Crippen molar-refractivity contribution < 1.29 is 13.6 Å². The van der Waals surface area contributed by atoms with Crippen LogP contribution in [0.3, 0.4) is 0 Å². The Bertz CT molecular complexity index is 664. The maximum Gasteiger partial charge on any atom is 0.274 e. The quantitative estimate of drug-likeness (QED) is 0.874. The van der Waals surface area contributed by atoms with Gasteiger partial charge in [-0.15, -0.1) is 0 Å². The third-order valence-electron chi connectivity index (χ3n) is 3.15. The lowest BCUT2D eigenvalue weighted by molar-refractivity contribution is 0.0733. The summed E-state index contributed by atoms with van der Waals surface area (Å²) in [7, 11) is 1.48. The summed E-state index contributed by atoms with van der Waals surface area (Å²) in [6.45, 7) is 1.60. The molecule has 0 saturated carbocycles. The zero-order valence-electron chi connectivity index (χ0n) is 11.3.